The van der Waals surface area contributed by atoms with Crippen LogP contribution in [0.15, 0.2) is 12.1 Å². The minimum Gasteiger partial charge on any atom is -0.493 e. The summed E-state index contributed by atoms with van der Waals surface area (Å²) >= 11 is 0. The molecule has 0 spiro atoms. The van der Waals surface area contributed by atoms with Crippen molar-refractivity contribution in [1.29, 1.82) is 0 Å². The second-order valence-corrected chi connectivity index (χ2v) is 5.73. The van der Waals surface area contributed by atoms with Crippen LogP contribution in [0.3, 0.4) is 0 Å². The summed E-state index contributed by atoms with van der Waals surface area (Å²) in [5.74, 6) is 1.63. The molecule has 2 rings (SSSR count). The monoisotopic (exact) mass is 374 g/mol. The topological polar surface area (TPSA) is 92.0 Å². The number of carbonyl (C=O) groups excluding carboxylic acids is 1. The van der Waals surface area contributed by atoms with Crippen molar-refractivity contribution < 1.29 is 23.7 Å². The van der Waals surface area contributed by atoms with Gasteiger partial charge in [0.15, 0.2) is 11.5 Å². The van der Waals surface area contributed by atoms with Crippen molar-refractivity contribution in [3.05, 3.63) is 17.7 Å². The van der Waals surface area contributed by atoms with Crippen molar-refractivity contribution in [3.8, 4) is 17.2 Å². The van der Waals surface area contributed by atoms with Gasteiger partial charge in [-0.2, -0.15) is 0 Å². The maximum Gasteiger partial charge on any atom is 0.237 e. The summed E-state index contributed by atoms with van der Waals surface area (Å²) < 4.78 is 21.2. The normalized spacial score (nSPS) is 15.7. The second-order valence-electron chi connectivity index (χ2n) is 5.73. The van der Waals surface area contributed by atoms with Crippen LogP contribution in [0.2, 0.25) is 0 Å². The lowest BCUT2D eigenvalue weighted by Crippen LogP contribution is -2.46. The predicted molar refractivity (Wildman–Crippen MR) is 96.7 cm³/mol. The molecule has 0 aromatic heterocycles. The molecule has 0 saturated carbocycles. The maximum atomic E-state index is 12.3. The molecule has 1 aliphatic heterocycles. The molecule has 8 heteroatoms. The van der Waals surface area contributed by atoms with E-state index in [0.29, 0.717) is 37.0 Å². The van der Waals surface area contributed by atoms with Gasteiger partial charge in [-0.25, -0.2) is 0 Å². The van der Waals surface area contributed by atoms with Crippen LogP contribution >= 0.6 is 12.4 Å². The molecule has 0 radical (unpaired) electrons. The van der Waals surface area contributed by atoms with E-state index in [4.69, 9.17) is 24.7 Å². The van der Waals surface area contributed by atoms with E-state index in [0.717, 1.165) is 18.4 Å². The Morgan fingerprint density at radius 2 is 1.76 bits per heavy atom. The van der Waals surface area contributed by atoms with E-state index >= 15 is 0 Å². The number of methoxy groups -OCH3 is 3. The molecule has 1 atom stereocenters. The van der Waals surface area contributed by atoms with E-state index in [1.165, 1.54) is 0 Å². The lowest BCUT2D eigenvalue weighted by Gasteiger charge is -2.26. The van der Waals surface area contributed by atoms with Crippen LogP contribution < -0.4 is 25.3 Å². The van der Waals surface area contributed by atoms with Crippen LogP contribution in [-0.4, -0.2) is 46.5 Å². The highest BCUT2D eigenvalue weighted by atomic mass is 35.5. The van der Waals surface area contributed by atoms with E-state index in [-0.39, 0.29) is 24.2 Å². The quantitative estimate of drug-likeness (QED) is 0.751. The van der Waals surface area contributed by atoms with Gasteiger partial charge >= 0.3 is 0 Å². The van der Waals surface area contributed by atoms with Crippen molar-refractivity contribution in [2.45, 2.75) is 25.4 Å². The molecule has 1 aromatic carbocycles. The Labute approximate surface area is 154 Å². The minimum absolute atomic E-state index is 0. The first-order chi connectivity index (χ1) is 11.6. The summed E-state index contributed by atoms with van der Waals surface area (Å²) in [6.07, 6.45) is 1.64. The van der Waals surface area contributed by atoms with Crippen LogP contribution in [0.4, 0.5) is 0 Å². The smallest absolute Gasteiger partial charge is 0.237 e. The van der Waals surface area contributed by atoms with Gasteiger partial charge in [-0.3, -0.25) is 4.79 Å². The van der Waals surface area contributed by atoms with Crippen molar-refractivity contribution in [2.75, 3.05) is 34.5 Å². The zero-order chi connectivity index (χ0) is 17.5. The lowest BCUT2D eigenvalue weighted by molar-refractivity contribution is -0.124. The highest BCUT2D eigenvalue weighted by Gasteiger charge is 2.26. The Bertz CT molecular complexity index is 539. The number of rotatable bonds is 7. The molecule has 1 fully saturated rings. The zero-order valence-corrected chi connectivity index (χ0v) is 15.7. The van der Waals surface area contributed by atoms with Crippen molar-refractivity contribution in [1.82, 2.24) is 5.32 Å². The van der Waals surface area contributed by atoms with Crippen molar-refractivity contribution in [2.24, 2.45) is 11.7 Å². The average molecular weight is 375 g/mol. The first-order valence-corrected chi connectivity index (χ1v) is 8.00. The van der Waals surface area contributed by atoms with Gasteiger partial charge in [-0.1, -0.05) is 0 Å². The van der Waals surface area contributed by atoms with E-state index in [1.54, 1.807) is 21.3 Å². The molecule has 142 valence electrons. The number of nitrogens with one attached hydrogen (secondary N) is 1. The second kappa shape index (κ2) is 10.3. The Morgan fingerprint density at radius 1 is 1.20 bits per heavy atom. The van der Waals surface area contributed by atoms with Crippen LogP contribution in [0.5, 0.6) is 17.2 Å². The summed E-state index contributed by atoms with van der Waals surface area (Å²) in [5.41, 5.74) is 6.92. The fourth-order valence-electron chi connectivity index (χ4n) is 2.83. The first-order valence-electron chi connectivity index (χ1n) is 8.00. The Kier molecular flexibility index (Phi) is 8.82. The molecule has 1 heterocycles. The number of benzene rings is 1. The molecular weight excluding hydrogens is 348 g/mol. The van der Waals surface area contributed by atoms with Gasteiger partial charge in [-0.05, 0) is 36.5 Å². The third-order valence-corrected chi connectivity index (χ3v) is 4.27. The predicted octanol–water partition coefficient (Wildman–Crippen LogP) is 1.50. The van der Waals surface area contributed by atoms with E-state index in [1.807, 2.05) is 12.1 Å². The lowest BCUT2D eigenvalue weighted by atomic mass is 9.92. The van der Waals surface area contributed by atoms with Crippen LogP contribution in [0, 0.1) is 5.92 Å². The van der Waals surface area contributed by atoms with Gasteiger partial charge in [0.1, 0.15) is 0 Å². The number of ether oxygens (including phenoxy) is 4. The maximum absolute atomic E-state index is 12.3. The van der Waals surface area contributed by atoms with E-state index in [9.17, 15) is 4.79 Å². The summed E-state index contributed by atoms with van der Waals surface area (Å²) in [7, 11) is 4.66. The van der Waals surface area contributed by atoms with Crippen LogP contribution in [0.1, 0.15) is 18.4 Å². The highest BCUT2D eigenvalue weighted by molar-refractivity contribution is 5.85. The molecule has 1 aliphatic rings. The number of hydrogen-bond donors (Lipinski definition) is 2. The summed E-state index contributed by atoms with van der Waals surface area (Å²) in [6.45, 7) is 1.67. The van der Waals surface area contributed by atoms with Crippen molar-refractivity contribution >= 4 is 18.3 Å². The highest BCUT2D eigenvalue weighted by Crippen LogP contribution is 2.38. The third-order valence-electron chi connectivity index (χ3n) is 4.27. The van der Waals surface area contributed by atoms with Gasteiger partial charge in [-0.15, -0.1) is 12.4 Å². The van der Waals surface area contributed by atoms with E-state index < -0.39 is 6.04 Å². The van der Waals surface area contributed by atoms with Crippen LogP contribution in [-0.2, 0) is 16.1 Å². The minimum atomic E-state index is -0.518. The van der Waals surface area contributed by atoms with Crippen LogP contribution in [0.25, 0.3) is 0 Å². The number of nitrogens with two attached hydrogens (primary N) is 1. The molecule has 0 aliphatic carbocycles. The summed E-state index contributed by atoms with van der Waals surface area (Å²) in [6, 6.07) is 3.10. The van der Waals surface area contributed by atoms with Gasteiger partial charge < -0.3 is 30.0 Å². The molecule has 1 unspecified atom stereocenters. The van der Waals surface area contributed by atoms with Gasteiger partial charge in [0.05, 0.1) is 27.4 Å². The molecule has 1 amide bonds. The SMILES string of the molecule is COc1cc(CNC(=O)C(N)C2CCOCC2)cc(OC)c1OC.Cl. The van der Waals surface area contributed by atoms with Gasteiger partial charge in [0.25, 0.3) is 0 Å². The number of carbonyl (C=O) groups is 1. The summed E-state index contributed by atoms with van der Waals surface area (Å²) in [5, 5.41) is 2.88. The molecule has 7 nitrogen and oxygen atoms in total. The molecule has 25 heavy (non-hydrogen) atoms. The molecule has 1 saturated heterocycles. The van der Waals surface area contributed by atoms with E-state index in [2.05, 4.69) is 5.32 Å². The average Bonchev–Trinajstić information content (AvgIpc) is 2.65. The number of halogens is 1. The largest absolute Gasteiger partial charge is 0.493 e. The van der Waals surface area contributed by atoms with Crippen molar-refractivity contribution in [3.63, 3.8) is 0 Å². The van der Waals surface area contributed by atoms with Gasteiger partial charge in [0.2, 0.25) is 11.7 Å². The Balaban J connectivity index is 0.00000312. The standard InChI is InChI=1S/C17H26N2O5.ClH/c1-21-13-8-11(9-14(22-2)16(13)23-3)10-19-17(20)15(18)12-4-6-24-7-5-12;/h8-9,12,15H,4-7,10,18H2,1-3H3,(H,19,20);1H. The fourth-order valence-corrected chi connectivity index (χ4v) is 2.83. The molecule has 0 bridgehead atoms. The Hall–Kier alpha value is -1.70. The van der Waals surface area contributed by atoms with Gasteiger partial charge in [0, 0.05) is 19.8 Å². The number of hydrogen-bond acceptors (Lipinski definition) is 6. The molecular formula is C17H27ClN2O5. The molecule has 1 aromatic rings. The Morgan fingerprint density at radius 3 is 2.24 bits per heavy atom. The first kappa shape index (κ1) is 21.3. The fraction of sp³-hybridized carbons (Fsp3) is 0.588. The third kappa shape index (κ3) is 5.39. The summed E-state index contributed by atoms with van der Waals surface area (Å²) in [4.78, 5) is 12.3. The number of amides is 1. The zero-order valence-electron chi connectivity index (χ0n) is 14.9. The molecule has 3 N–H and O–H groups in total.